The molecular weight excluding hydrogens is 292 g/mol. The maximum atomic E-state index is 12.4. The molecule has 0 radical (unpaired) electrons. The first-order chi connectivity index (χ1) is 9.31. The summed E-state index contributed by atoms with van der Waals surface area (Å²) in [7, 11) is -3.52. The maximum absolute atomic E-state index is 12.4. The molecule has 0 aliphatic heterocycles. The lowest BCUT2D eigenvalue weighted by molar-refractivity contribution is 0.402. The number of thiocarbonyl (C=S) groups is 1. The molecule has 1 aliphatic carbocycles. The van der Waals surface area contributed by atoms with Crippen LogP contribution in [0.15, 0.2) is 29.2 Å². The Labute approximate surface area is 125 Å². The van der Waals surface area contributed by atoms with Crippen molar-refractivity contribution in [3.8, 4) is 0 Å². The first kappa shape index (κ1) is 15.4. The largest absolute Gasteiger partial charge is 0.389 e. The summed E-state index contributed by atoms with van der Waals surface area (Å²) in [5, 5.41) is 0. The highest BCUT2D eigenvalue weighted by Crippen LogP contribution is 2.32. The summed E-state index contributed by atoms with van der Waals surface area (Å²) >= 11 is 4.88. The number of nitrogens with two attached hydrogens (primary N) is 1. The molecule has 20 heavy (non-hydrogen) atoms. The van der Waals surface area contributed by atoms with Crippen molar-refractivity contribution >= 4 is 27.2 Å². The van der Waals surface area contributed by atoms with Crippen molar-refractivity contribution in [3.05, 3.63) is 29.8 Å². The van der Waals surface area contributed by atoms with Crippen molar-refractivity contribution in [1.29, 1.82) is 0 Å². The lowest BCUT2D eigenvalue weighted by Gasteiger charge is -2.19. The second kappa shape index (κ2) is 5.79. The van der Waals surface area contributed by atoms with Crippen molar-refractivity contribution < 1.29 is 8.42 Å². The van der Waals surface area contributed by atoms with Gasteiger partial charge in [0, 0.05) is 11.6 Å². The molecule has 4 nitrogen and oxygen atoms in total. The zero-order valence-corrected chi connectivity index (χ0v) is 13.3. The highest BCUT2D eigenvalue weighted by atomic mass is 32.2. The minimum absolute atomic E-state index is 0.00323. The fourth-order valence-electron chi connectivity index (χ4n) is 2.61. The highest BCUT2D eigenvalue weighted by molar-refractivity contribution is 7.89. The molecule has 0 saturated heterocycles. The third-order valence-corrected chi connectivity index (χ3v) is 5.92. The molecular formula is C14H20N2O2S2. The van der Waals surface area contributed by atoms with E-state index in [1.165, 1.54) is 6.07 Å². The summed E-state index contributed by atoms with van der Waals surface area (Å²) in [4.78, 5) is 0.416. The summed E-state index contributed by atoms with van der Waals surface area (Å²) in [5.41, 5.74) is 6.11. The van der Waals surface area contributed by atoms with E-state index in [4.69, 9.17) is 18.0 Å². The second-order valence-corrected chi connectivity index (χ2v) is 7.69. The van der Waals surface area contributed by atoms with Gasteiger partial charge in [-0.05, 0) is 36.8 Å². The average molecular weight is 312 g/mol. The smallest absolute Gasteiger partial charge is 0.240 e. The molecule has 1 saturated carbocycles. The molecule has 0 amide bonds. The Hall–Kier alpha value is -0.980. The molecule has 1 fully saturated rings. The van der Waals surface area contributed by atoms with Gasteiger partial charge < -0.3 is 5.73 Å². The Balaban J connectivity index is 2.23. The van der Waals surface area contributed by atoms with Crippen molar-refractivity contribution in [2.24, 2.45) is 17.6 Å². The zero-order valence-electron chi connectivity index (χ0n) is 11.7. The minimum atomic E-state index is -3.52. The van der Waals surface area contributed by atoms with Gasteiger partial charge in [0.25, 0.3) is 0 Å². The van der Waals surface area contributed by atoms with Gasteiger partial charge in [0.2, 0.25) is 10.0 Å². The van der Waals surface area contributed by atoms with E-state index in [2.05, 4.69) is 18.6 Å². The first-order valence-corrected chi connectivity index (χ1v) is 8.62. The molecule has 0 aromatic heterocycles. The van der Waals surface area contributed by atoms with Crippen LogP contribution in [0.25, 0.3) is 0 Å². The maximum Gasteiger partial charge on any atom is 0.240 e. The summed E-state index contributed by atoms with van der Waals surface area (Å²) in [6.45, 7) is 4.25. The number of benzene rings is 1. The van der Waals surface area contributed by atoms with Gasteiger partial charge in [-0.2, -0.15) is 0 Å². The fourth-order valence-corrected chi connectivity index (χ4v) is 4.15. The highest BCUT2D eigenvalue weighted by Gasteiger charge is 2.33. The predicted molar refractivity (Wildman–Crippen MR) is 84.0 cm³/mol. The topological polar surface area (TPSA) is 72.2 Å². The molecule has 1 aliphatic rings. The predicted octanol–water partition coefficient (Wildman–Crippen LogP) is 2.03. The van der Waals surface area contributed by atoms with Crippen molar-refractivity contribution in [2.45, 2.75) is 37.6 Å². The van der Waals surface area contributed by atoms with E-state index >= 15 is 0 Å². The molecule has 0 bridgehead atoms. The number of hydrogen-bond acceptors (Lipinski definition) is 3. The van der Waals surface area contributed by atoms with Crippen LogP contribution in [0.2, 0.25) is 0 Å². The molecule has 1 aromatic carbocycles. The third kappa shape index (κ3) is 3.19. The molecule has 6 heteroatoms. The molecule has 1 aromatic rings. The number of sulfonamides is 1. The van der Waals surface area contributed by atoms with Crippen LogP contribution in [-0.2, 0) is 10.0 Å². The lowest BCUT2D eigenvalue weighted by Crippen LogP contribution is -2.37. The van der Waals surface area contributed by atoms with E-state index in [0.29, 0.717) is 17.4 Å². The Kier molecular flexibility index (Phi) is 4.46. The number of hydrogen-bond donors (Lipinski definition) is 2. The standard InChI is InChI=1S/C14H20N2O2S2/c1-9-6-7-13(10(9)2)16-20(17,18)12-5-3-4-11(8-12)14(15)19/h3-5,8-10,13,16H,6-7H2,1-2H3,(H2,15,19). The van der Waals surface area contributed by atoms with Crippen LogP contribution in [0.1, 0.15) is 32.3 Å². The van der Waals surface area contributed by atoms with Crippen molar-refractivity contribution in [2.75, 3.05) is 0 Å². The Morgan fingerprint density at radius 1 is 1.35 bits per heavy atom. The van der Waals surface area contributed by atoms with Gasteiger partial charge in [-0.1, -0.05) is 38.2 Å². The molecule has 3 atom stereocenters. The van der Waals surface area contributed by atoms with E-state index in [1.807, 2.05) is 0 Å². The summed E-state index contributed by atoms with van der Waals surface area (Å²) in [6.07, 6.45) is 1.94. The van der Waals surface area contributed by atoms with Gasteiger partial charge in [0.15, 0.2) is 0 Å². The molecule has 110 valence electrons. The minimum Gasteiger partial charge on any atom is -0.389 e. The van der Waals surface area contributed by atoms with E-state index in [0.717, 1.165) is 12.8 Å². The van der Waals surface area contributed by atoms with Crippen LogP contribution in [0, 0.1) is 11.8 Å². The van der Waals surface area contributed by atoms with Crippen LogP contribution in [0.4, 0.5) is 0 Å². The molecule has 3 N–H and O–H groups in total. The monoisotopic (exact) mass is 312 g/mol. The SMILES string of the molecule is CC1CCC(NS(=O)(=O)c2cccc(C(N)=S)c2)C1C. The molecule has 2 rings (SSSR count). The first-order valence-electron chi connectivity index (χ1n) is 6.73. The molecule has 3 unspecified atom stereocenters. The molecule has 0 spiro atoms. The van der Waals surface area contributed by atoms with Crippen molar-refractivity contribution in [1.82, 2.24) is 4.72 Å². The van der Waals surface area contributed by atoms with Gasteiger partial charge in [0.05, 0.1) is 4.90 Å². The summed E-state index contributed by atoms with van der Waals surface area (Å²) < 4.78 is 27.6. The van der Waals surface area contributed by atoms with Crippen LogP contribution in [0.3, 0.4) is 0 Å². The van der Waals surface area contributed by atoms with Crippen LogP contribution >= 0.6 is 12.2 Å². The number of rotatable bonds is 4. The van der Waals surface area contributed by atoms with Gasteiger partial charge in [-0.15, -0.1) is 0 Å². The van der Waals surface area contributed by atoms with Crippen molar-refractivity contribution in [3.63, 3.8) is 0 Å². The van der Waals surface area contributed by atoms with E-state index in [-0.39, 0.29) is 15.9 Å². The van der Waals surface area contributed by atoms with Crippen LogP contribution in [0.5, 0.6) is 0 Å². The Bertz CT molecular complexity index is 613. The van der Waals surface area contributed by atoms with E-state index in [9.17, 15) is 8.42 Å². The Morgan fingerprint density at radius 2 is 2.05 bits per heavy atom. The van der Waals surface area contributed by atoms with Gasteiger partial charge in [0.1, 0.15) is 4.99 Å². The second-order valence-electron chi connectivity index (χ2n) is 5.53. The van der Waals surface area contributed by atoms with Gasteiger partial charge >= 0.3 is 0 Å². The lowest BCUT2D eigenvalue weighted by atomic mass is 9.98. The normalized spacial score (nSPS) is 26.6. The van der Waals surface area contributed by atoms with Gasteiger partial charge in [-0.3, -0.25) is 0 Å². The fraction of sp³-hybridized carbons (Fsp3) is 0.500. The van der Waals surface area contributed by atoms with E-state index < -0.39 is 10.0 Å². The van der Waals surface area contributed by atoms with Crippen LogP contribution in [-0.4, -0.2) is 19.4 Å². The average Bonchev–Trinajstić information content (AvgIpc) is 2.70. The Morgan fingerprint density at radius 3 is 2.60 bits per heavy atom. The summed E-state index contributed by atoms with van der Waals surface area (Å²) in [5.74, 6) is 0.897. The number of nitrogens with one attached hydrogen (secondary N) is 1. The summed E-state index contributed by atoms with van der Waals surface area (Å²) in [6, 6.07) is 6.45. The third-order valence-electron chi connectivity index (χ3n) is 4.20. The van der Waals surface area contributed by atoms with Crippen LogP contribution < -0.4 is 10.5 Å². The molecule has 0 heterocycles. The zero-order chi connectivity index (χ0) is 14.9. The van der Waals surface area contributed by atoms with E-state index in [1.54, 1.807) is 18.2 Å². The van der Waals surface area contributed by atoms with Gasteiger partial charge in [-0.25, -0.2) is 13.1 Å². The quantitative estimate of drug-likeness (QED) is 0.835.